The van der Waals surface area contributed by atoms with Crippen LogP contribution in [-0.2, 0) is 9.53 Å². The van der Waals surface area contributed by atoms with Crippen LogP contribution >= 0.6 is 0 Å². The number of alkyl halides is 2. The molecule has 0 aliphatic carbocycles. The first-order chi connectivity index (χ1) is 5.59. The van der Waals surface area contributed by atoms with E-state index in [-0.39, 0.29) is 6.54 Å². The molecular weight excluding hydrogens is 168 g/mol. The molecule has 0 bridgehead atoms. The molecule has 0 aromatic rings. The number of nitrogens with one attached hydrogen (secondary N) is 1. The lowest BCUT2D eigenvalue weighted by molar-refractivity contribution is -0.176. The molecule has 1 aliphatic rings. The lowest BCUT2D eigenvalue weighted by Gasteiger charge is -2.18. The Morgan fingerprint density at radius 2 is 2.33 bits per heavy atom. The summed E-state index contributed by atoms with van der Waals surface area (Å²) in [5.74, 6) is -5.68. The van der Waals surface area contributed by atoms with Crippen LogP contribution in [0.3, 0.4) is 0 Å². The fourth-order valence-electron chi connectivity index (χ4n) is 1.27. The second-order valence-electron chi connectivity index (χ2n) is 2.80. The fraction of sp³-hybridized carbons (Fsp3) is 0.857. The van der Waals surface area contributed by atoms with Crippen molar-refractivity contribution < 1.29 is 18.3 Å². The molecule has 1 fully saturated rings. The van der Waals surface area contributed by atoms with E-state index in [0.717, 1.165) is 7.11 Å². The molecule has 1 saturated heterocycles. The third-order valence-electron chi connectivity index (χ3n) is 2.03. The minimum atomic E-state index is -3.34. The van der Waals surface area contributed by atoms with Crippen LogP contribution in [0.4, 0.5) is 8.78 Å². The van der Waals surface area contributed by atoms with E-state index in [1.165, 1.54) is 0 Å². The Morgan fingerprint density at radius 3 is 2.75 bits per heavy atom. The number of esters is 1. The van der Waals surface area contributed by atoms with Gasteiger partial charge in [0.05, 0.1) is 7.11 Å². The number of halogens is 2. The van der Waals surface area contributed by atoms with Gasteiger partial charge in [0.1, 0.15) is 0 Å². The Labute approximate surface area is 69.1 Å². The van der Waals surface area contributed by atoms with Gasteiger partial charge in [-0.05, 0) is 13.0 Å². The molecule has 12 heavy (non-hydrogen) atoms. The van der Waals surface area contributed by atoms with Crippen molar-refractivity contribution in [3.05, 3.63) is 0 Å². The number of carbonyl (C=O) groups excluding carboxylic acids is 1. The zero-order chi connectivity index (χ0) is 9.19. The molecule has 1 rings (SSSR count). The Balaban J connectivity index is 2.62. The quantitative estimate of drug-likeness (QED) is 0.624. The number of hydrogen-bond donors (Lipinski definition) is 1. The maximum Gasteiger partial charge on any atom is 0.377 e. The predicted octanol–water partition coefficient (Wildman–Crippen LogP) is 0.404. The van der Waals surface area contributed by atoms with E-state index < -0.39 is 17.8 Å². The van der Waals surface area contributed by atoms with Crippen LogP contribution in [0.5, 0.6) is 0 Å². The molecular formula is C7H11F2NO2. The van der Waals surface area contributed by atoms with Crippen LogP contribution in [0.25, 0.3) is 0 Å². The van der Waals surface area contributed by atoms with Gasteiger partial charge in [-0.1, -0.05) is 0 Å². The monoisotopic (exact) mass is 179 g/mol. The lowest BCUT2D eigenvalue weighted by Crippen LogP contribution is -2.39. The van der Waals surface area contributed by atoms with E-state index >= 15 is 0 Å². The molecule has 1 unspecified atom stereocenters. The van der Waals surface area contributed by atoms with Crippen molar-refractivity contribution in [2.45, 2.75) is 12.3 Å². The molecule has 0 aromatic heterocycles. The summed E-state index contributed by atoms with van der Waals surface area (Å²) in [4.78, 5) is 10.6. The predicted molar refractivity (Wildman–Crippen MR) is 37.9 cm³/mol. The first-order valence-electron chi connectivity index (χ1n) is 3.76. The highest BCUT2D eigenvalue weighted by atomic mass is 19.3. The zero-order valence-electron chi connectivity index (χ0n) is 6.77. The molecule has 3 nitrogen and oxygen atoms in total. The highest BCUT2D eigenvalue weighted by Gasteiger charge is 2.49. The molecule has 1 heterocycles. The van der Waals surface area contributed by atoms with Crippen molar-refractivity contribution >= 4 is 5.97 Å². The molecule has 70 valence electrons. The van der Waals surface area contributed by atoms with E-state index in [2.05, 4.69) is 10.1 Å². The van der Waals surface area contributed by atoms with E-state index in [1.807, 2.05) is 0 Å². The summed E-state index contributed by atoms with van der Waals surface area (Å²) in [5, 5.41) is 2.77. The molecule has 1 atom stereocenters. The van der Waals surface area contributed by atoms with E-state index in [0.29, 0.717) is 13.0 Å². The number of methoxy groups -OCH3 is 1. The summed E-state index contributed by atoms with van der Waals surface area (Å²) in [5.41, 5.74) is 0. The van der Waals surface area contributed by atoms with Crippen LogP contribution in [0.2, 0.25) is 0 Å². The van der Waals surface area contributed by atoms with Gasteiger partial charge < -0.3 is 10.1 Å². The molecule has 0 radical (unpaired) electrons. The second kappa shape index (κ2) is 3.35. The van der Waals surface area contributed by atoms with Crippen molar-refractivity contribution in [1.82, 2.24) is 5.32 Å². The topological polar surface area (TPSA) is 38.3 Å². The van der Waals surface area contributed by atoms with Gasteiger partial charge >= 0.3 is 11.9 Å². The van der Waals surface area contributed by atoms with Crippen LogP contribution in [-0.4, -0.2) is 32.1 Å². The summed E-state index contributed by atoms with van der Waals surface area (Å²) >= 11 is 0. The van der Waals surface area contributed by atoms with E-state index in [1.54, 1.807) is 0 Å². The summed E-state index contributed by atoms with van der Waals surface area (Å²) in [6.07, 6.45) is 0.322. The molecule has 1 N–H and O–H groups in total. The zero-order valence-corrected chi connectivity index (χ0v) is 6.77. The maximum absolute atomic E-state index is 13.0. The summed E-state index contributed by atoms with van der Waals surface area (Å²) < 4.78 is 30.0. The normalized spacial score (nSPS) is 24.1. The second-order valence-corrected chi connectivity index (χ2v) is 2.80. The van der Waals surface area contributed by atoms with Gasteiger partial charge in [-0.2, -0.15) is 8.78 Å². The standard InChI is InChI=1S/C7H11F2NO2/c1-12-6(11)7(8,9)5-2-3-10-4-5/h5,10H,2-4H2,1H3. The highest BCUT2D eigenvalue weighted by molar-refractivity contribution is 5.77. The minimum absolute atomic E-state index is 0.183. The smallest absolute Gasteiger partial charge is 0.377 e. The first kappa shape index (κ1) is 9.38. The maximum atomic E-state index is 13.0. The number of rotatable bonds is 2. The Hall–Kier alpha value is -0.710. The van der Waals surface area contributed by atoms with E-state index in [4.69, 9.17) is 0 Å². The van der Waals surface area contributed by atoms with Gasteiger partial charge in [0.25, 0.3) is 0 Å². The van der Waals surface area contributed by atoms with Gasteiger partial charge in [0.2, 0.25) is 0 Å². The fourth-order valence-corrected chi connectivity index (χ4v) is 1.27. The SMILES string of the molecule is COC(=O)C(F)(F)C1CCNC1. The van der Waals surface area contributed by atoms with Crippen molar-refractivity contribution in [2.75, 3.05) is 20.2 Å². The van der Waals surface area contributed by atoms with Gasteiger partial charge in [-0.15, -0.1) is 0 Å². The van der Waals surface area contributed by atoms with Crippen LogP contribution < -0.4 is 5.32 Å². The van der Waals surface area contributed by atoms with Gasteiger partial charge in [-0.25, -0.2) is 4.79 Å². The molecule has 0 spiro atoms. The van der Waals surface area contributed by atoms with Crippen molar-refractivity contribution in [3.63, 3.8) is 0 Å². The van der Waals surface area contributed by atoms with Crippen LogP contribution in [0.15, 0.2) is 0 Å². The number of carbonyl (C=O) groups is 1. The molecule has 0 aromatic carbocycles. The Bertz CT molecular complexity index is 178. The minimum Gasteiger partial charge on any atom is -0.465 e. The largest absolute Gasteiger partial charge is 0.465 e. The van der Waals surface area contributed by atoms with Crippen LogP contribution in [0, 0.1) is 5.92 Å². The Morgan fingerprint density at radius 1 is 1.67 bits per heavy atom. The Kier molecular flexibility index (Phi) is 2.62. The summed E-state index contributed by atoms with van der Waals surface area (Å²) in [6.45, 7) is 0.722. The third-order valence-corrected chi connectivity index (χ3v) is 2.03. The van der Waals surface area contributed by atoms with Gasteiger partial charge in [0, 0.05) is 12.5 Å². The van der Waals surface area contributed by atoms with Crippen molar-refractivity contribution in [3.8, 4) is 0 Å². The summed E-state index contributed by atoms with van der Waals surface area (Å²) in [6, 6.07) is 0. The van der Waals surface area contributed by atoms with Gasteiger partial charge in [0.15, 0.2) is 0 Å². The summed E-state index contributed by atoms with van der Waals surface area (Å²) in [7, 11) is 0.971. The highest BCUT2D eigenvalue weighted by Crippen LogP contribution is 2.30. The molecule has 1 aliphatic heterocycles. The van der Waals surface area contributed by atoms with Gasteiger partial charge in [-0.3, -0.25) is 0 Å². The lowest BCUT2D eigenvalue weighted by atomic mass is 10.0. The average Bonchev–Trinajstić information content (AvgIpc) is 2.55. The number of hydrogen-bond acceptors (Lipinski definition) is 3. The van der Waals surface area contributed by atoms with E-state index in [9.17, 15) is 13.6 Å². The average molecular weight is 179 g/mol. The first-order valence-corrected chi connectivity index (χ1v) is 3.76. The molecule has 0 saturated carbocycles. The van der Waals surface area contributed by atoms with Crippen molar-refractivity contribution in [2.24, 2.45) is 5.92 Å². The molecule has 0 amide bonds. The van der Waals surface area contributed by atoms with Crippen molar-refractivity contribution in [1.29, 1.82) is 0 Å². The number of ether oxygens (including phenoxy) is 1. The van der Waals surface area contributed by atoms with Crippen LogP contribution in [0.1, 0.15) is 6.42 Å². The third kappa shape index (κ3) is 1.55. The molecule has 5 heteroatoms.